The van der Waals surface area contributed by atoms with Crippen molar-refractivity contribution in [3.8, 4) is 11.5 Å². The number of nitrogen functional groups attached to an aromatic ring is 1. The van der Waals surface area contributed by atoms with Crippen LogP contribution < -0.4 is 11.0 Å². The van der Waals surface area contributed by atoms with Crippen molar-refractivity contribution in [2.75, 3.05) is 5.73 Å². The molecular formula is C8H7BrN3O4P. The lowest BCUT2D eigenvalue weighted by atomic mass is 10.3. The zero-order chi connectivity index (χ0) is 12.6. The van der Waals surface area contributed by atoms with Gasteiger partial charge in [0.05, 0.1) is 12.5 Å². The smallest absolute Gasteiger partial charge is 0.360 e. The van der Waals surface area contributed by atoms with Gasteiger partial charge in [-0.3, -0.25) is 4.57 Å². The molecule has 0 radical (unpaired) electrons. The van der Waals surface area contributed by atoms with Crippen LogP contribution in [-0.2, 0) is 4.57 Å². The van der Waals surface area contributed by atoms with Crippen LogP contribution in [0.4, 0.5) is 5.82 Å². The Morgan fingerprint density at radius 2 is 2.18 bits per heavy atom. The lowest BCUT2D eigenvalue weighted by molar-refractivity contribution is 0.387. The van der Waals surface area contributed by atoms with E-state index in [2.05, 4.69) is 25.9 Å². The Morgan fingerprint density at radius 3 is 2.76 bits per heavy atom. The van der Waals surface area contributed by atoms with Crippen LogP contribution in [-0.4, -0.2) is 19.8 Å². The molecule has 0 unspecified atom stereocenters. The van der Waals surface area contributed by atoms with Gasteiger partial charge in [0.15, 0.2) is 11.6 Å². The number of rotatable bonds is 2. The fraction of sp³-hybridized carbons (Fsp3) is 0. The maximum absolute atomic E-state index is 11.2. The second-order valence-electron chi connectivity index (χ2n) is 3.11. The first-order valence-corrected chi connectivity index (χ1v) is 6.72. The summed E-state index contributed by atoms with van der Waals surface area (Å²) in [6.07, 6.45) is 2.47. The Balaban J connectivity index is 2.58. The first kappa shape index (κ1) is 12.3. The fourth-order valence-electron chi connectivity index (χ4n) is 1.22. The minimum absolute atomic E-state index is 0.0370. The predicted octanol–water partition coefficient (Wildman–Crippen LogP) is 0.884. The lowest BCUT2D eigenvalue weighted by Gasteiger charge is -2.04. The number of furan rings is 1. The van der Waals surface area contributed by atoms with Crippen molar-refractivity contribution < 1.29 is 18.8 Å². The van der Waals surface area contributed by atoms with Crippen molar-refractivity contribution >= 4 is 34.6 Å². The number of nitrogens with two attached hydrogens (primary N) is 1. The van der Waals surface area contributed by atoms with E-state index in [0.29, 0.717) is 4.60 Å². The van der Waals surface area contributed by atoms with Crippen LogP contribution in [0, 0.1) is 0 Å². The molecule has 2 heterocycles. The van der Waals surface area contributed by atoms with Gasteiger partial charge in [0.25, 0.3) is 0 Å². The highest BCUT2D eigenvalue weighted by atomic mass is 79.9. The van der Waals surface area contributed by atoms with E-state index in [1.807, 2.05) is 0 Å². The quantitative estimate of drug-likeness (QED) is 0.702. The van der Waals surface area contributed by atoms with Crippen LogP contribution in [0.1, 0.15) is 0 Å². The van der Waals surface area contributed by atoms with Crippen molar-refractivity contribution in [1.82, 2.24) is 9.97 Å². The normalized spacial score (nSPS) is 11.7. The number of hydrogen-bond acceptors (Lipinski definition) is 5. The van der Waals surface area contributed by atoms with Gasteiger partial charge < -0.3 is 19.9 Å². The molecule has 0 bridgehead atoms. The molecule has 0 aliphatic carbocycles. The number of aromatic nitrogens is 2. The largest absolute Gasteiger partial charge is 0.462 e. The molecule has 0 atom stereocenters. The second kappa shape index (κ2) is 4.23. The van der Waals surface area contributed by atoms with Crippen molar-refractivity contribution in [1.29, 1.82) is 0 Å². The molecule has 0 saturated heterocycles. The summed E-state index contributed by atoms with van der Waals surface area (Å²) in [5, 5.41) is -0.242. The van der Waals surface area contributed by atoms with E-state index in [4.69, 9.17) is 19.9 Å². The van der Waals surface area contributed by atoms with Gasteiger partial charge in [0, 0.05) is 0 Å². The Hall–Kier alpha value is -1.21. The molecule has 7 nitrogen and oxygen atoms in total. The predicted molar refractivity (Wildman–Crippen MR) is 63.5 cm³/mol. The molecule has 2 rings (SSSR count). The number of halogens is 1. The first-order valence-electron chi connectivity index (χ1n) is 4.31. The van der Waals surface area contributed by atoms with Gasteiger partial charge in [-0.1, -0.05) is 0 Å². The molecule has 17 heavy (non-hydrogen) atoms. The third-order valence-electron chi connectivity index (χ3n) is 1.94. The summed E-state index contributed by atoms with van der Waals surface area (Å²) in [5.41, 5.74) is 5.69. The monoisotopic (exact) mass is 319 g/mol. The second-order valence-corrected chi connectivity index (χ2v) is 5.43. The van der Waals surface area contributed by atoms with Crippen LogP contribution in [0.5, 0.6) is 0 Å². The van der Waals surface area contributed by atoms with Gasteiger partial charge in [-0.25, -0.2) is 9.97 Å². The van der Waals surface area contributed by atoms with E-state index in [1.165, 1.54) is 18.5 Å². The van der Waals surface area contributed by atoms with E-state index in [1.54, 1.807) is 0 Å². The third-order valence-corrected chi connectivity index (χ3v) is 3.53. The topological polar surface area (TPSA) is 122 Å². The summed E-state index contributed by atoms with van der Waals surface area (Å²) in [6.45, 7) is 0. The Bertz CT molecular complexity index is 609. The van der Waals surface area contributed by atoms with E-state index < -0.39 is 7.60 Å². The Labute approximate surface area is 104 Å². The standard InChI is InChI=1S/C8H7BrN3O4P/c9-7-8(10)12-4(3-11-7)6-5(1-2-16-6)17(13,14)15/h1-3H,(H2,10,12)(H2,13,14,15). The van der Waals surface area contributed by atoms with Crippen LogP contribution >= 0.6 is 23.5 Å². The molecule has 90 valence electrons. The van der Waals surface area contributed by atoms with Crippen LogP contribution in [0.2, 0.25) is 0 Å². The number of nitrogens with zero attached hydrogens (tertiary/aromatic N) is 2. The Morgan fingerprint density at radius 1 is 1.47 bits per heavy atom. The molecule has 0 fully saturated rings. The molecule has 0 aliphatic rings. The molecule has 0 saturated carbocycles. The minimum Gasteiger partial charge on any atom is -0.462 e. The summed E-state index contributed by atoms with van der Waals surface area (Å²) in [6, 6.07) is 1.19. The highest BCUT2D eigenvalue weighted by Gasteiger charge is 2.26. The zero-order valence-corrected chi connectivity index (χ0v) is 10.7. The van der Waals surface area contributed by atoms with Gasteiger partial charge in [0.2, 0.25) is 0 Å². The summed E-state index contributed by atoms with van der Waals surface area (Å²) >= 11 is 3.07. The van der Waals surface area contributed by atoms with Gasteiger partial charge in [0.1, 0.15) is 15.6 Å². The third kappa shape index (κ3) is 2.39. The Kier molecular flexibility index (Phi) is 3.05. The van der Waals surface area contributed by atoms with Gasteiger partial charge in [-0.2, -0.15) is 0 Å². The molecule has 9 heteroatoms. The molecule has 0 amide bonds. The van der Waals surface area contributed by atoms with Crippen molar-refractivity contribution in [3.05, 3.63) is 23.1 Å². The van der Waals surface area contributed by atoms with Crippen molar-refractivity contribution in [2.24, 2.45) is 0 Å². The fourth-order valence-corrected chi connectivity index (χ4v) is 2.10. The highest BCUT2D eigenvalue weighted by molar-refractivity contribution is 9.10. The molecule has 2 aromatic heterocycles. The SMILES string of the molecule is Nc1nc(-c2occc2P(=O)(O)O)cnc1Br. The van der Waals surface area contributed by atoms with Gasteiger partial charge in [-0.05, 0) is 22.0 Å². The molecule has 2 aromatic rings. The van der Waals surface area contributed by atoms with Crippen molar-refractivity contribution in [3.63, 3.8) is 0 Å². The van der Waals surface area contributed by atoms with E-state index in [0.717, 1.165) is 0 Å². The molecular weight excluding hydrogens is 313 g/mol. The molecule has 4 N–H and O–H groups in total. The molecule has 0 aromatic carbocycles. The summed E-state index contributed by atoms with van der Waals surface area (Å²) < 4.78 is 16.5. The molecule has 0 spiro atoms. The first-order chi connectivity index (χ1) is 7.89. The maximum Gasteiger partial charge on any atom is 0.360 e. The van der Waals surface area contributed by atoms with Gasteiger partial charge >= 0.3 is 7.60 Å². The lowest BCUT2D eigenvalue weighted by Crippen LogP contribution is -2.06. The minimum atomic E-state index is -4.41. The van der Waals surface area contributed by atoms with E-state index >= 15 is 0 Å². The summed E-state index contributed by atoms with van der Waals surface area (Å²) in [4.78, 5) is 26.0. The van der Waals surface area contributed by atoms with Crippen molar-refractivity contribution in [2.45, 2.75) is 0 Å². The average molecular weight is 320 g/mol. The molecule has 0 aliphatic heterocycles. The average Bonchev–Trinajstić information content (AvgIpc) is 2.70. The van der Waals surface area contributed by atoms with Crippen LogP contribution in [0.25, 0.3) is 11.5 Å². The van der Waals surface area contributed by atoms with Crippen LogP contribution in [0.3, 0.4) is 0 Å². The van der Waals surface area contributed by atoms with E-state index in [9.17, 15) is 4.57 Å². The highest BCUT2D eigenvalue weighted by Crippen LogP contribution is 2.38. The van der Waals surface area contributed by atoms with Gasteiger partial charge in [-0.15, -0.1) is 0 Å². The summed E-state index contributed by atoms with van der Waals surface area (Å²) in [5.74, 6) is 0.0700. The maximum atomic E-state index is 11.2. The number of anilines is 1. The number of hydrogen-bond donors (Lipinski definition) is 3. The van der Waals surface area contributed by atoms with Crippen LogP contribution in [0.15, 0.2) is 27.5 Å². The van der Waals surface area contributed by atoms with E-state index in [-0.39, 0.29) is 22.6 Å². The zero-order valence-electron chi connectivity index (χ0n) is 8.24. The summed E-state index contributed by atoms with van der Waals surface area (Å²) in [7, 11) is -4.41.